The van der Waals surface area contributed by atoms with Gasteiger partial charge in [-0.25, -0.2) is 4.98 Å². The van der Waals surface area contributed by atoms with Gasteiger partial charge in [-0.1, -0.05) is 62.2 Å². The predicted octanol–water partition coefficient (Wildman–Crippen LogP) is 4.51. The van der Waals surface area contributed by atoms with Gasteiger partial charge in [-0.15, -0.1) is 0 Å². The molecule has 40 heavy (non-hydrogen) atoms. The highest BCUT2D eigenvalue weighted by atomic mass is 35.5. The first-order valence-electron chi connectivity index (χ1n) is 13.0. The highest BCUT2D eigenvalue weighted by Gasteiger charge is 2.67. The number of ether oxygens (including phenoxy) is 2. The van der Waals surface area contributed by atoms with Crippen molar-refractivity contribution in [2.45, 2.75) is 82.4 Å². The van der Waals surface area contributed by atoms with Gasteiger partial charge >= 0.3 is 5.97 Å². The van der Waals surface area contributed by atoms with Crippen LogP contribution in [0.2, 0.25) is 10.2 Å². The van der Waals surface area contributed by atoms with Gasteiger partial charge < -0.3 is 20.3 Å². The summed E-state index contributed by atoms with van der Waals surface area (Å²) >= 11 is 12.5. The average molecular weight is 590 g/mol. The van der Waals surface area contributed by atoms with Gasteiger partial charge in [0.2, 0.25) is 5.91 Å². The van der Waals surface area contributed by atoms with Crippen molar-refractivity contribution in [3.63, 3.8) is 0 Å². The lowest BCUT2D eigenvalue weighted by molar-refractivity contribution is -0.159. The molecule has 2 aromatic rings. The van der Waals surface area contributed by atoms with Crippen LogP contribution in [0, 0.1) is 16.7 Å². The standard InChI is InChI=1S/C29H34Cl2N4O5/c1-27(2,3)12-20-29(15-32,17-9-10-21(31)34-13-17)22(16-7-6-8-18(30)11-16)24(26(37)38)35(20)23(25(33)36)19-14-39-28(4,5)40-19/h6-11,13,19-20,22-24H,12,14H2,1-5H3,(H2,33,36)(H,37,38)/t19-,20+,22+,23?,24-,29+/m1/s1. The Balaban J connectivity index is 2.08. The van der Waals surface area contributed by atoms with Gasteiger partial charge in [0.05, 0.1) is 12.7 Å². The Hall–Kier alpha value is -2.74. The first-order chi connectivity index (χ1) is 18.6. The van der Waals surface area contributed by atoms with Crippen LogP contribution in [0.1, 0.15) is 58.1 Å². The van der Waals surface area contributed by atoms with E-state index in [2.05, 4.69) is 11.1 Å². The smallest absolute Gasteiger partial charge is 0.321 e. The van der Waals surface area contributed by atoms with Crippen molar-refractivity contribution in [3.05, 3.63) is 63.9 Å². The van der Waals surface area contributed by atoms with E-state index in [1.54, 1.807) is 55.1 Å². The maximum absolute atomic E-state index is 13.3. The molecule has 1 aromatic heterocycles. The molecule has 0 radical (unpaired) electrons. The number of carboxylic acid groups (broad SMARTS) is 1. The first-order valence-corrected chi connectivity index (χ1v) is 13.8. The molecule has 2 saturated heterocycles. The monoisotopic (exact) mass is 588 g/mol. The minimum Gasteiger partial charge on any atom is -0.480 e. The Labute approximate surface area is 244 Å². The number of rotatable bonds is 7. The molecule has 9 nitrogen and oxygen atoms in total. The molecule has 0 aliphatic carbocycles. The molecular weight excluding hydrogens is 555 g/mol. The minimum atomic E-state index is -1.50. The zero-order valence-corrected chi connectivity index (χ0v) is 24.6. The second kappa shape index (κ2) is 10.9. The number of pyridine rings is 1. The highest BCUT2D eigenvalue weighted by molar-refractivity contribution is 6.30. The molecule has 2 aliphatic rings. The van der Waals surface area contributed by atoms with Crippen molar-refractivity contribution in [1.29, 1.82) is 5.26 Å². The Morgan fingerprint density at radius 1 is 1.27 bits per heavy atom. The van der Waals surface area contributed by atoms with Crippen molar-refractivity contribution < 1.29 is 24.2 Å². The number of amides is 1. The number of aromatic nitrogens is 1. The summed E-state index contributed by atoms with van der Waals surface area (Å²) in [4.78, 5) is 32.4. The molecule has 2 aliphatic heterocycles. The van der Waals surface area contributed by atoms with Gasteiger partial charge in [0.25, 0.3) is 0 Å². The van der Waals surface area contributed by atoms with Crippen molar-refractivity contribution in [2.75, 3.05) is 6.61 Å². The molecule has 4 rings (SSSR count). The largest absolute Gasteiger partial charge is 0.480 e. The van der Waals surface area contributed by atoms with Crippen molar-refractivity contribution in [3.8, 4) is 6.07 Å². The molecule has 0 bridgehead atoms. The third-order valence-corrected chi connectivity index (χ3v) is 8.12. The first kappa shape index (κ1) is 30.2. The lowest BCUT2D eigenvalue weighted by Crippen LogP contribution is -2.60. The van der Waals surface area contributed by atoms with Gasteiger partial charge in [0.15, 0.2) is 5.79 Å². The maximum Gasteiger partial charge on any atom is 0.321 e. The number of hydrogen-bond donors (Lipinski definition) is 2. The van der Waals surface area contributed by atoms with E-state index in [-0.39, 0.29) is 11.8 Å². The molecule has 0 saturated carbocycles. The number of hydrogen-bond acceptors (Lipinski definition) is 7. The summed E-state index contributed by atoms with van der Waals surface area (Å²) in [5.74, 6) is -3.97. The van der Waals surface area contributed by atoms with Crippen LogP contribution in [0.4, 0.5) is 0 Å². The molecule has 214 valence electrons. The van der Waals surface area contributed by atoms with Gasteiger partial charge in [-0.05, 0) is 55.0 Å². The number of nitrogens with two attached hydrogens (primary N) is 1. The molecule has 1 amide bonds. The number of carbonyl (C=O) groups excluding carboxylic acids is 1. The average Bonchev–Trinajstić information content (AvgIpc) is 3.34. The van der Waals surface area contributed by atoms with Gasteiger partial charge in [0.1, 0.15) is 28.8 Å². The van der Waals surface area contributed by atoms with Crippen LogP contribution in [0.25, 0.3) is 0 Å². The van der Waals surface area contributed by atoms with Crippen LogP contribution in [-0.4, -0.2) is 63.5 Å². The second-order valence-electron chi connectivity index (χ2n) is 12.1. The van der Waals surface area contributed by atoms with Gasteiger partial charge in [0, 0.05) is 23.2 Å². The number of halogens is 2. The summed E-state index contributed by atoms with van der Waals surface area (Å²) in [5, 5.41) is 22.6. The Kier molecular flexibility index (Phi) is 8.25. The molecule has 6 atom stereocenters. The topological polar surface area (TPSA) is 139 Å². The third-order valence-electron chi connectivity index (χ3n) is 7.66. The molecule has 3 heterocycles. The number of benzene rings is 1. The summed E-state index contributed by atoms with van der Waals surface area (Å²) in [6.07, 6.45) is 0.971. The van der Waals surface area contributed by atoms with Crippen LogP contribution in [0.15, 0.2) is 42.6 Å². The predicted molar refractivity (Wildman–Crippen MR) is 150 cm³/mol. The quantitative estimate of drug-likeness (QED) is 0.450. The summed E-state index contributed by atoms with van der Waals surface area (Å²) in [6, 6.07) is 9.18. The number of nitriles is 1. The highest BCUT2D eigenvalue weighted by Crippen LogP contribution is 2.56. The number of likely N-dealkylation sites (tertiary alicyclic amines) is 1. The third kappa shape index (κ3) is 5.56. The molecule has 1 unspecified atom stereocenters. The van der Waals surface area contributed by atoms with E-state index in [0.29, 0.717) is 22.6 Å². The summed E-state index contributed by atoms with van der Waals surface area (Å²) in [7, 11) is 0. The van der Waals surface area contributed by atoms with E-state index in [9.17, 15) is 20.0 Å². The van der Waals surface area contributed by atoms with Crippen LogP contribution >= 0.6 is 23.2 Å². The van der Waals surface area contributed by atoms with Gasteiger partial charge in [-0.2, -0.15) is 5.26 Å². The van der Waals surface area contributed by atoms with Gasteiger partial charge in [-0.3, -0.25) is 14.5 Å². The van der Waals surface area contributed by atoms with Crippen LogP contribution in [-0.2, 0) is 24.5 Å². The number of aliphatic carboxylic acids is 1. The zero-order valence-electron chi connectivity index (χ0n) is 23.1. The molecule has 1 aromatic carbocycles. The van der Waals surface area contributed by atoms with E-state index in [4.69, 9.17) is 38.4 Å². The summed E-state index contributed by atoms with van der Waals surface area (Å²) in [5.41, 5.74) is 5.14. The van der Waals surface area contributed by atoms with E-state index >= 15 is 0 Å². The van der Waals surface area contributed by atoms with Crippen molar-refractivity contribution >= 4 is 35.1 Å². The number of carboxylic acids is 1. The van der Waals surface area contributed by atoms with E-state index in [0.717, 1.165) is 0 Å². The summed E-state index contributed by atoms with van der Waals surface area (Å²) in [6.45, 7) is 9.43. The zero-order chi connectivity index (χ0) is 29.6. The Bertz CT molecular complexity index is 1320. The fourth-order valence-electron chi connectivity index (χ4n) is 6.28. The molecule has 2 fully saturated rings. The SMILES string of the molecule is CC(C)(C)C[C@@H]1N(C(C(N)=O)[C@H]2COC(C)(C)O2)[C@@H](C(=O)O)[C@H](c2cccc(Cl)c2)[C@@]1(C#N)c1ccc(Cl)nc1. The Morgan fingerprint density at radius 2 is 1.98 bits per heavy atom. The van der Waals surface area contributed by atoms with Crippen LogP contribution in [0.5, 0.6) is 0 Å². The van der Waals surface area contributed by atoms with E-state index in [1.165, 1.54) is 6.20 Å². The van der Waals surface area contributed by atoms with Crippen molar-refractivity contribution in [1.82, 2.24) is 9.88 Å². The van der Waals surface area contributed by atoms with Crippen LogP contribution < -0.4 is 5.73 Å². The lowest BCUT2D eigenvalue weighted by Gasteiger charge is -2.42. The maximum atomic E-state index is 13.3. The number of primary amides is 1. The molecule has 0 spiro atoms. The van der Waals surface area contributed by atoms with Crippen molar-refractivity contribution in [2.24, 2.45) is 11.1 Å². The van der Waals surface area contributed by atoms with E-state index in [1.807, 2.05) is 20.8 Å². The molecule has 3 N–H and O–H groups in total. The minimum absolute atomic E-state index is 0.0234. The fraction of sp³-hybridized carbons (Fsp3) is 0.517. The second-order valence-corrected chi connectivity index (χ2v) is 12.9. The number of nitrogens with zero attached hydrogens (tertiary/aromatic N) is 3. The molecular formula is C29H34Cl2N4O5. The summed E-state index contributed by atoms with van der Waals surface area (Å²) < 4.78 is 11.9. The normalized spacial score (nSPS) is 29.1. The Morgan fingerprint density at radius 3 is 2.45 bits per heavy atom. The molecule has 11 heteroatoms. The van der Waals surface area contributed by atoms with Crippen LogP contribution in [0.3, 0.4) is 0 Å². The van der Waals surface area contributed by atoms with E-state index < -0.39 is 58.6 Å². The number of carbonyl (C=O) groups is 2. The fourth-order valence-corrected chi connectivity index (χ4v) is 6.59. The lowest BCUT2D eigenvalue weighted by atomic mass is 9.63.